The van der Waals surface area contributed by atoms with Crippen molar-refractivity contribution in [1.29, 1.82) is 0 Å². The minimum Gasteiger partial charge on any atom is -0.381 e. The molecular formula is C11H16N2OS. The zero-order chi connectivity index (χ0) is 10.5. The number of hydrogen-bond donors (Lipinski definition) is 1. The molecule has 0 amide bonds. The molecule has 1 aromatic rings. The highest BCUT2D eigenvalue weighted by molar-refractivity contribution is 8.00. The van der Waals surface area contributed by atoms with Crippen LogP contribution in [0.1, 0.15) is 18.5 Å². The van der Waals surface area contributed by atoms with Gasteiger partial charge in [0, 0.05) is 36.1 Å². The van der Waals surface area contributed by atoms with E-state index in [1.54, 1.807) is 0 Å². The molecule has 1 saturated heterocycles. The lowest BCUT2D eigenvalue weighted by molar-refractivity contribution is 0.100. The monoisotopic (exact) mass is 224 g/mol. The van der Waals surface area contributed by atoms with Crippen LogP contribution in [-0.4, -0.2) is 23.4 Å². The zero-order valence-corrected chi connectivity index (χ0v) is 9.50. The summed E-state index contributed by atoms with van der Waals surface area (Å²) in [6.45, 7) is 2.31. The lowest BCUT2D eigenvalue weighted by atomic mass is 10.2. The van der Waals surface area contributed by atoms with Crippen molar-refractivity contribution >= 4 is 11.8 Å². The molecule has 1 aliphatic heterocycles. The minimum atomic E-state index is 0.516. The first-order chi connectivity index (χ1) is 7.38. The second kappa shape index (κ2) is 5.49. The fourth-order valence-corrected chi connectivity index (χ4v) is 2.78. The lowest BCUT2D eigenvalue weighted by Gasteiger charge is -2.21. The maximum absolute atomic E-state index is 5.56. The van der Waals surface area contributed by atoms with E-state index in [9.17, 15) is 0 Å². The Bertz CT molecular complexity index is 313. The SMILES string of the molecule is NCc1cc(SC2CCOCC2)ccn1. The number of pyridine rings is 1. The van der Waals surface area contributed by atoms with Crippen LogP contribution < -0.4 is 5.73 Å². The van der Waals surface area contributed by atoms with Crippen molar-refractivity contribution < 1.29 is 4.74 Å². The molecule has 2 N–H and O–H groups in total. The van der Waals surface area contributed by atoms with E-state index in [0.717, 1.165) is 31.7 Å². The maximum Gasteiger partial charge on any atom is 0.0550 e. The van der Waals surface area contributed by atoms with Crippen molar-refractivity contribution in [2.75, 3.05) is 13.2 Å². The fourth-order valence-electron chi connectivity index (χ4n) is 1.63. The van der Waals surface area contributed by atoms with E-state index < -0.39 is 0 Å². The van der Waals surface area contributed by atoms with Gasteiger partial charge in [0.05, 0.1) is 5.69 Å². The lowest BCUT2D eigenvalue weighted by Crippen LogP contribution is -2.17. The second-order valence-electron chi connectivity index (χ2n) is 3.62. The predicted molar refractivity (Wildman–Crippen MR) is 61.8 cm³/mol. The molecular weight excluding hydrogens is 208 g/mol. The van der Waals surface area contributed by atoms with Crippen molar-refractivity contribution in [2.24, 2.45) is 5.73 Å². The van der Waals surface area contributed by atoms with Gasteiger partial charge in [-0.1, -0.05) is 0 Å². The number of rotatable bonds is 3. The van der Waals surface area contributed by atoms with Crippen LogP contribution in [0.15, 0.2) is 23.2 Å². The zero-order valence-electron chi connectivity index (χ0n) is 8.69. The average Bonchev–Trinajstić information content (AvgIpc) is 2.31. The van der Waals surface area contributed by atoms with Crippen LogP contribution in [0, 0.1) is 0 Å². The van der Waals surface area contributed by atoms with E-state index in [4.69, 9.17) is 10.5 Å². The fraction of sp³-hybridized carbons (Fsp3) is 0.545. The summed E-state index contributed by atoms with van der Waals surface area (Å²) in [5.41, 5.74) is 6.52. The smallest absolute Gasteiger partial charge is 0.0550 e. The summed E-state index contributed by atoms with van der Waals surface area (Å²) < 4.78 is 5.34. The van der Waals surface area contributed by atoms with Crippen LogP contribution in [0.4, 0.5) is 0 Å². The van der Waals surface area contributed by atoms with E-state index in [0.29, 0.717) is 11.8 Å². The largest absolute Gasteiger partial charge is 0.381 e. The van der Waals surface area contributed by atoms with Crippen LogP contribution in [-0.2, 0) is 11.3 Å². The third-order valence-electron chi connectivity index (χ3n) is 2.47. The van der Waals surface area contributed by atoms with E-state index in [1.165, 1.54) is 4.90 Å². The molecule has 0 atom stereocenters. The molecule has 3 nitrogen and oxygen atoms in total. The molecule has 15 heavy (non-hydrogen) atoms. The molecule has 0 saturated carbocycles. The summed E-state index contributed by atoms with van der Waals surface area (Å²) in [5, 5.41) is 0.687. The Labute approximate surface area is 94.4 Å². The first-order valence-corrected chi connectivity index (χ1v) is 6.16. The Morgan fingerprint density at radius 1 is 1.47 bits per heavy atom. The first kappa shape index (κ1) is 10.9. The second-order valence-corrected chi connectivity index (χ2v) is 4.99. The molecule has 2 heterocycles. The Morgan fingerprint density at radius 2 is 2.27 bits per heavy atom. The van der Waals surface area contributed by atoms with Gasteiger partial charge in [-0.05, 0) is 25.0 Å². The molecule has 0 radical (unpaired) electrons. The summed E-state index contributed by atoms with van der Waals surface area (Å²) in [6.07, 6.45) is 4.12. The van der Waals surface area contributed by atoms with E-state index in [2.05, 4.69) is 17.1 Å². The van der Waals surface area contributed by atoms with Crippen LogP contribution in [0.25, 0.3) is 0 Å². The Kier molecular flexibility index (Phi) is 4.00. The Balaban J connectivity index is 1.96. The normalized spacial score (nSPS) is 17.9. The number of aromatic nitrogens is 1. The van der Waals surface area contributed by atoms with Crippen molar-refractivity contribution in [2.45, 2.75) is 29.5 Å². The molecule has 4 heteroatoms. The van der Waals surface area contributed by atoms with Crippen molar-refractivity contribution in [3.05, 3.63) is 24.0 Å². The average molecular weight is 224 g/mol. The van der Waals surface area contributed by atoms with Gasteiger partial charge in [-0.3, -0.25) is 4.98 Å². The summed E-state index contributed by atoms with van der Waals surface area (Å²) in [5.74, 6) is 0. The van der Waals surface area contributed by atoms with E-state index >= 15 is 0 Å². The van der Waals surface area contributed by atoms with Gasteiger partial charge in [0.25, 0.3) is 0 Å². The minimum absolute atomic E-state index is 0.516. The summed E-state index contributed by atoms with van der Waals surface area (Å²) in [6, 6.07) is 4.14. The van der Waals surface area contributed by atoms with Gasteiger partial charge in [-0.2, -0.15) is 0 Å². The number of nitrogens with two attached hydrogens (primary N) is 1. The molecule has 0 spiro atoms. The van der Waals surface area contributed by atoms with Crippen LogP contribution in [0.5, 0.6) is 0 Å². The molecule has 0 unspecified atom stereocenters. The topological polar surface area (TPSA) is 48.1 Å². The van der Waals surface area contributed by atoms with Gasteiger partial charge >= 0.3 is 0 Å². The number of nitrogens with zero attached hydrogens (tertiary/aromatic N) is 1. The highest BCUT2D eigenvalue weighted by atomic mass is 32.2. The number of thioether (sulfide) groups is 1. The van der Waals surface area contributed by atoms with Gasteiger partial charge < -0.3 is 10.5 Å². The predicted octanol–water partition coefficient (Wildman–Crippen LogP) is 1.81. The first-order valence-electron chi connectivity index (χ1n) is 5.28. The van der Waals surface area contributed by atoms with E-state index in [1.807, 2.05) is 18.0 Å². The molecule has 0 bridgehead atoms. The van der Waals surface area contributed by atoms with Gasteiger partial charge in [0.15, 0.2) is 0 Å². The molecule has 0 aromatic carbocycles. The van der Waals surface area contributed by atoms with Crippen LogP contribution in [0.2, 0.25) is 0 Å². The molecule has 0 aliphatic carbocycles. The molecule has 1 aromatic heterocycles. The molecule has 82 valence electrons. The quantitative estimate of drug-likeness (QED) is 0.850. The van der Waals surface area contributed by atoms with Gasteiger partial charge in [-0.15, -0.1) is 11.8 Å². The molecule has 1 aliphatic rings. The number of ether oxygens (including phenoxy) is 1. The highest BCUT2D eigenvalue weighted by Crippen LogP contribution is 2.29. The van der Waals surface area contributed by atoms with Crippen molar-refractivity contribution in [3.63, 3.8) is 0 Å². The third-order valence-corrected chi connectivity index (χ3v) is 3.80. The van der Waals surface area contributed by atoms with Crippen LogP contribution >= 0.6 is 11.8 Å². The standard InChI is InChI=1S/C11H16N2OS/c12-8-9-7-11(1-4-13-9)15-10-2-5-14-6-3-10/h1,4,7,10H,2-3,5-6,8,12H2. The third kappa shape index (κ3) is 3.19. The van der Waals surface area contributed by atoms with E-state index in [-0.39, 0.29) is 0 Å². The number of hydrogen-bond acceptors (Lipinski definition) is 4. The Hall–Kier alpha value is -0.580. The van der Waals surface area contributed by atoms with Crippen molar-refractivity contribution in [3.8, 4) is 0 Å². The summed E-state index contributed by atoms with van der Waals surface area (Å²) >= 11 is 1.92. The van der Waals surface area contributed by atoms with Gasteiger partial charge in [-0.25, -0.2) is 0 Å². The maximum atomic E-state index is 5.56. The Morgan fingerprint density at radius 3 is 3.00 bits per heavy atom. The van der Waals surface area contributed by atoms with Gasteiger partial charge in [0.1, 0.15) is 0 Å². The molecule has 2 rings (SSSR count). The summed E-state index contributed by atoms with van der Waals surface area (Å²) in [7, 11) is 0. The van der Waals surface area contributed by atoms with Gasteiger partial charge in [0.2, 0.25) is 0 Å². The van der Waals surface area contributed by atoms with Crippen LogP contribution in [0.3, 0.4) is 0 Å². The van der Waals surface area contributed by atoms with Crippen molar-refractivity contribution in [1.82, 2.24) is 4.98 Å². The summed E-state index contributed by atoms with van der Waals surface area (Å²) in [4.78, 5) is 5.46. The highest BCUT2D eigenvalue weighted by Gasteiger charge is 2.14. The molecule has 1 fully saturated rings.